The number of rotatable bonds is 7. The Labute approximate surface area is 191 Å². The molecule has 0 amide bonds. The lowest BCUT2D eigenvalue weighted by molar-refractivity contribution is -0.134. The van der Waals surface area contributed by atoms with Crippen LogP contribution in [0.2, 0.25) is 5.02 Å². The molecular weight excluding hydrogens is 438 g/mol. The molecule has 0 saturated heterocycles. The fourth-order valence-electron chi connectivity index (χ4n) is 2.96. The van der Waals surface area contributed by atoms with Crippen molar-refractivity contribution in [3.63, 3.8) is 0 Å². The van der Waals surface area contributed by atoms with E-state index < -0.39 is 11.9 Å². The van der Waals surface area contributed by atoms with Crippen molar-refractivity contribution in [3.8, 4) is 0 Å². The van der Waals surface area contributed by atoms with Gasteiger partial charge in [0.1, 0.15) is 0 Å². The summed E-state index contributed by atoms with van der Waals surface area (Å²) < 4.78 is 6.25. The van der Waals surface area contributed by atoms with E-state index in [1.54, 1.807) is 0 Å². The Kier molecular flexibility index (Phi) is 10.1. The summed E-state index contributed by atoms with van der Waals surface area (Å²) in [6.45, 7) is 1.81. The average molecular weight is 464 g/mol. The molecule has 166 valence electrons. The second-order valence-corrected chi connectivity index (χ2v) is 8.64. The zero-order valence-electron chi connectivity index (χ0n) is 17.5. The summed E-state index contributed by atoms with van der Waals surface area (Å²) in [4.78, 5) is 23.9. The molecule has 1 aliphatic rings. The van der Waals surface area contributed by atoms with Crippen LogP contribution in [0, 0.1) is 0 Å². The van der Waals surface area contributed by atoms with Gasteiger partial charge in [0.05, 0.1) is 6.10 Å². The predicted molar refractivity (Wildman–Crippen MR) is 122 cm³/mol. The Morgan fingerprint density at radius 2 is 1.81 bits per heavy atom. The van der Waals surface area contributed by atoms with Crippen molar-refractivity contribution in [2.75, 3.05) is 27.2 Å². The smallest absolute Gasteiger partial charge is 0.328 e. The van der Waals surface area contributed by atoms with Crippen LogP contribution in [-0.2, 0) is 20.7 Å². The van der Waals surface area contributed by atoms with Gasteiger partial charge in [-0.15, -0.1) is 0 Å². The van der Waals surface area contributed by atoms with E-state index >= 15 is 0 Å². The lowest BCUT2D eigenvalue weighted by atomic mass is 10.0. The van der Waals surface area contributed by atoms with Crippen molar-refractivity contribution in [2.24, 2.45) is 0 Å². The SMILES string of the molecule is CN(C)CCCOC1Cc2ccccc2Sc2ccc(Cl)cc21.O=C(O)/C=C\C(=O)O. The number of nitrogens with zero attached hydrogens (tertiary/aromatic N) is 1. The van der Waals surface area contributed by atoms with Gasteiger partial charge in [-0.05, 0) is 62.5 Å². The van der Waals surface area contributed by atoms with Crippen molar-refractivity contribution < 1.29 is 24.5 Å². The minimum atomic E-state index is -1.26. The minimum absolute atomic E-state index is 0.0713. The predicted octanol–water partition coefficient (Wildman–Crippen LogP) is 4.77. The number of hydrogen-bond acceptors (Lipinski definition) is 5. The summed E-state index contributed by atoms with van der Waals surface area (Å²) in [6, 6.07) is 14.7. The number of halogens is 1. The van der Waals surface area contributed by atoms with E-state index in [0.29, 0.717) is 12.2 Å². The standard InChI is InChI=1S/C19H22ClNOS.C4H4O4/c1-21(2)10-5-11-22-17-12-14-6-3-4-7-18(14)23-19-9-8-15(20)13-16(17)19;5-3(6)1-2-4(7)8/h3-4,6-9,13,17H,5,10-12H2,1-2H3;1-2H,(H,5,6)(H,7,8)/b;2-1-. The van der Waals surface area contributed by atoms with Crippen LogP contribution in [0.4, 0.5) is 0 Å². The first-order valence-electron chi connectivity index (χ1n) is 9.71. The quantitative estimate of drug-likeness (QED) is 0.451. The number of carboxylic acids is 2. The highest BCUT2D eigenvalue weighted by Gasteiger charge is 2.23. The van der Waals surface area contributed by atoms with Crippen LogP contribution >= 0.6 is 23.4 Å². The third kappa shape index (κ3) is 8.75. The number of ether oxygens (including phenoxy) is 1. The van der Waals surface area contributed by atoms with E-state index in [-0.39, 0.29) is 6.10 Å². The van der Waals surface area contributed by atoms with Crippen molar-refractivity contribution in [1.82, 2.24) is 4.90 Å². The van der Waals surface area contributed by atoms with Crippen molar-refractivity contribution in [3.05, 3.63) is 70.8 Å². The third-order valence-electron chi connectivity index (χ3n) is 4.35. The molecule has 1 unspecified atom stereocenters. The summed E-state index contributed by atoms with van der Waals surface area (Å²) in [5.41, 5.74) is 2.56. The normalized spacial score (nSPS) is 14.9. The second kappa shape index (κ2) is 12.5. The van der Waals surface area contributed by atoms with E-state index in [9.17, 15) is 9.59 Å². The van der Waals surface area contributed by atoms with Gasteiger partial charge in [-0.2, -0.15) is 0 Å². The fraction of sp³-hybridized carbons (Fsp3) is 0.304. The molecule has 2 N–H and O–H groups in total. The molecule has 0 spiro atoms. The molecule has 3 rings (SSSR count). The molecule has 2 aromatic rings. The van der Waals surface area contributed by atoms with Gasteiger partial charge in [-0.3, -0.25) is 0 Å². The van der Waals surface area contributed by atoms with Crippen LogP contribution in [0.1, 0.15) is 23.7 Å². The molecule has 0 fully saturated rings. The Bertz CT molecular complexity index is 916. The molecule has 0 saturated carbocycles. The zero-order valence-corrected chi connectivity index (χ0v) is 19.0. The van der Waals surface area contributed by atoms with Gasteiger partial charge in [-0.1, -0.05) is 41.6 Å². The highest BCUT2D eigenvalue weighted by molar-refractivity contribution is 7.99. The Hall–Kier alpha value is -2.32. The molecule has 31 heavy (non-hydrogen) atoms. The van der Waals surface area contributed by atoms with E-state index in [2.05, 4.69) is 55.4 Å². The molecule has 0 aliphatic carbocycles. The topological polar surface area (TPSA) is 87.1 Å². The molecule has 0 aromatic heterocycles. The maximum atomic E-state index is 9.55. The Morgan fingerprint density at radius 1 is 1.13 bits per heavy atom. The molecule has 0 radical (unpaired) electrons. The molecular formula is C23H26ClNO5S. The molecule has 1 heterocycles. The molecule has 0 bridgehead atoms. The van der Waals surface area contributed by atoms with Gasteiger partial charge in [-0.25, -0.2) is 9.59 Å². The van der Waals surface area contributed by atoms with Crippen LogP contribution in [0.5, 0.6) is 0 Å². The number of carboxylic acid groups (broad SMARTS) is 2. The Balaban J connectivity index is 0.000000366. The van der Waals surface area contributed by atoms with Crippen LogP contribution in [0.15, 0.2) is 64.4 Å². The highest BCUT2D eigenvalue weighted by Crippen LogP contribution is 2.42. The van der Waals surface area contributed by atoms with Gasteiger partial charge in [0, 0.05) is 40.0 Å². The second-order valence-electron chi connectivity index (χ2n) is 7.12. The average Bonchev–Trinajstić information content (AvgIpc) is 2.86. The van der Waals surface area contributed by atoms with Crippen LogP contribution in [0.3, 0.4) is 0 Å². The highest BCUT2D eigenvalue weighted by atomic mass is 35.5. The van der Waals surface area contributed by atoms with Crippen molar-refractivity contribution >= 4 is 35.3 Å². The van der Waals surface area contributed by atoms with Crippen LogP contribution < -0.4 is 0 Å². The lowest BCUT2D eigenvalue weighted by Crippen LogP contribution is -2.16. The Morgan fingerprint density at radius 3 is 2.45 bits per heavy atom. The maximum Gasteiger partial charge on any atom is 0.328 e. The van der Waals surface area contributed by atoms with E-state index in [1.165, 1.54) is 20.9 Å². The summed E-state index contributed by atoms with van der Waals surface area (Å²) >= 11 is 8.05. The van der Waals surface area contributed by atoms with Crippen molar-refractivity contribution in [1.29, 1.82) is 0 Å². The number of hydrogen-bond donors (Lipinski definition) is 2. The molecule has 2 aromatic carbocycles. The van der Waals surface area contributed by atoms with E-state index in [0.717, 1.165) is 31.0 Å². The largest absolute Gasteiger partial charge is 0.478 e. The number of fused-ring (bicyclic) bond motifs is 2. The molecule has 8 heteroatoms. The van der Waals surface area contributed by atoms with Gasteiger partial charge >= 0.3 is 11.9 Å². The number of benzene rings is 2. The number of aliphatic carboxylic acids is 2. The molecule has 1 aliphatic heterocycles. The fourth-order valence-corrected chi connectivity index (χ4v) is 4.25. The first kappa shape index (κ1) is 24.9. The monoisotopic (exact) mass is 463 g/mol. The van der Waals surface area contributed by atoms with Gasteiger partial charge in [0.2, 0.25) is 0 Å². The summed E-state index contributed by atoms with van der Waals surface area (Å²) in [5, 5.41) is 16.4. The maximum absolute atomic E-state index is 9.55. The van der Waals surface area contributed by atoms with Gasteiger partial charge in [0.15, 0.2) is 0 Å². The van der Waals surface area contributed by atoms with E-state index in [1.807, 2.05) is 17.8 Å². The third-order valence-corrected chi connectivity index (χ3v) is 5.80. The van der Waals surface area contributed by atoms with E-state index in [4.69, 9.17) is 26.6 Å². The van der Waals surface area contributed by atoms with Gasteiger partial charge in [0.25, 0.3) is 0 Å². The van der Waals surface area contributed by atoms with Crippen LogP contribution in [0.25, 0.3) is 0 Å². The number of carbonyl (C=O) groups is 2. The van der Waals surface area contributed by atoms with Crippen LogP contribution in [-0.4, -0.2) is 54.3 Å². The summed E-state index contributed by atoms with van der Waals surface area (Å²) in [7, 11) is 4.18. The summed E-state index contributed by atoms with van der Waals surface area (Å²) in [5.74, 6) is -2.51. The summed E-state index contributed by atoms with van der Waals surface area (Å²) in [6.07, 6.45) is 3.12. The van der Waals surface area contributed by atoms with Gasteiger partial charge < -0.3 is 19.8 Å². The zero-order chi connectivity index (χ0) is 22.8. The molecule has 6 nitrogen and oxygen atoms in total. The first-order chi connectivity index (χ1) is 14.8. The molecule has 1 atom stereocenters. The van der Waals surface area contributed by atoms with Crippen molar-refractivity contribution in [2.45, 2.75) is 28.7 Å². The lowest BCUT2D eigenvalue weighted by Gasteiger charge is -2.19. The minimum Gasteiger partial charge on any atom is -0.478 e. The first-order valence-corrected chi connectivity index (χ1v) is 10.9.